The van der Waals surface area contributed by atoms with Crippen molar-refractivity contribution in [2.45, 2.75) is 20.3 Å². The molecular formula is C10H14ClNO2. The molecule has 1 rings (SSSR count). The lowest BCUT2D eigenvalue weighted by atomic mass is 10.0. The molecule has 0 aromatic heterocycles. The fraction of sp³-hybridized carbons (Fsp3) is 0.400. The number of aryl methyl sites for hydroxylation is 1. The van der Waals surface area contributed by atoms with Crippen molar-refractivity contribution in [3.8, 4) is 5.75 Å². The normalized spacial score (nSPS) is 10.6. The van der Waals surface area contributed by atoms with Crippen LogP contribution in [0.25, 0.3) is 0 Å². The summed E-state index contributed by atoms with van der Waals surface area (Å²) in [5.74, 6) is 5.23. The Bertz CT molecular complexity index is 339. The van der Waals surface area contributed by atoms with Gasteiger partial charge in [-0.15, -0.1) is 0 Å². The summed E-state index contributed by atoms with van der Waals surface area (Å²) in [6.45, 7) is 4.04. The van der Waals surface area contributed by atoms with Gasteiger partial charge in [-0.1, -0.05) is 11.6 Å². The Morgan fingerprint density at radius 3 is 2.71 bits per heavy atom. The van der Waals surface area contributed by atoms with Gasteiger partial charge in [0.1, 0.15) is 5.75 Å². The number of nitrogens with two attached hydrogens (primary N) is 1. The van der Waals surface area contributed by atoms with E-state index in [1.807, 2.05) is 13.8 Å². The second kappa shape index (κ2) is 4.64. The highest BCUT2D eigenvalue weighted by molar-refractivity contribution is 6.31. The number of phenolic OH excluding ortho intramolecular Hbond substituents is 1. The molecule has 0 amide bonds. The minimum Gasteiger partial charge on any atom is -0.507 e. The number of aromatic hydroxyl groups is 1. The Balaban J connectivity index is 3.09. The third kappa shape index (κ3) is 2.18. The molecule has 4 heteroatoms. The van der Waals surface area contributed by atoms with E-state index in [-0.39, 0.29) is 0 Å². The molecule has 78 valence electrons. The molecule has 0 spiro atoms. The van der Waals surface area contributed by atoms with Crippen molar-refractivity contribution >= 4 is 11.6 Å². The maximum absolute atomic E-state index is 9.68. The second-order valence-corrected chi connectivity index (χ2v) is 3.66. The number of hydrogen-bond acceptors (Lipinski definition) is 3. The topological polar surface area (TPSA) is 55.5 Å². The molecule has 1 aromatic rings. The molecule has 0 atom stereocenters. The summed E-state index contributed by atoms with van der Waals surface area (Å²) in [5.41, 5.74) is 2.47. The maximum Gasteiger partial charge on any atom is 0.121 e. The maximum atomic E-state index is 9.68. The van der Waals surface area contributed by atoms with E-state index < -0.39 is 0 Å². The molecule has 0 saturated heterocycles. The van der Waals surface area contributed by atoms with Gasteiger partial charge < -0.3 is 9.94 Å². The highest BCUT2D eigenvalue weighted by Gasteiger charge is 2.10. The van der Waals surface area contributed by atoms with E-state index >= 15 is 0 Å². The molecule has 14 heavy (non-hydrogen) atoms. The summed E-state index contributed by atoms with van der Waals surface area (Å²) in [6.07, 6.45) is 0.606. The van der Waals surface area contributed by atoms with Gasteiger partial charge in [-0.05, 0) is 43.0 Å². The quantitative estimate of drug-likeness (QED) is 0.760. The minimum absolute atomic E-state index is 0.293. The van der Waals surface area contributed by atoms with Gasteiger partial charge in [0.05, 0.1) is 6.61 Å². The van der Waals surface area contributed by atoms with Crippen molar-refractivity contribution < 1.29 is 9.94 Å². The van der Waals surface area contributed by atoms with Crippen LogP contribution in [0.5, 0.6) is 5.75 Å². The molecule has 0 aliphatic rings. The van der Waals surface area contributed by atoms with Crippen LogP contribution < -0.4 is 5.90 Å². The summed E-state index contributed by atoms with van der Waals surface area (Å²) in [6, 6.07) is 1.75. The molecule has 0 unspecified atom stereocenters. The van der Waals surface area contributed by atoms with Crippen LogP contribution in [0, 0.1) is 13.8 Å². The fourth-order valence-corrected chi connectivity index (χ4v) is 1.83. The third-order valence-electron chi connectivity index (χ3n) is 2.28. The zero-order valence-electron chi connectivity index (χ0n) is 8.30. The first-order valence-corrected chi connectivity index (χ1v) is 4.75. The summed E-state index contributed by atoms with van der Waals surface area (Å²) < 4.78 is 0. The predicted molar refractivity (Wildman–Crippen MR) is 56.4 cm³/mol. The van der Waals surface area contributed by atoms with Gasteiger partial charge in [-0.25, -0.2) is 5.90 Å². The van der Waals surface area contributed by atoms with Crippen LogP contribution in [0.1, 0.15) is 16.7 Å². The molecule has 0 bridgehead atoms. The molecule has 1 aromatic carbocycles. The molecule has 0 heterocycles. The molecule has 0 aliphatic heterocycles. The Morgan fingerprint density at radius 2 is 2.14 bits per heavy atom. The van der Waals surface area contributed by atoms with E-state index in [1.165, 1.54) is 0 Å². The van der Waals surface area contributed by atoms with E-state index in [4.69, 9.17) is 17.5 Å². The summed E-state index contributed by atoms with van der Waals surface area (Å²) in [5, 5.41) is 10.3. The average Bonchev–Trinajstić information content (AvgIpc) is 2.14. The van der Waals surface area contributed by atoms with Crippen molar-refractivity contribution in [3.63, 3.8) is 0 Å². The number of benzene rings is 1. The van der Waals surface area contributed by atoms with Crippen molar-refractivity contribution in [3.05, 3.63) is 27.8 Å². The Morgan fingerprint density at radius 1 is 1.50 bits per heavy atom. The Kier molecular flexibility index (Phi) is 3.75. The monoisotopic (exact) mass is 215 g/mol. The van der Waals surface area contributed by atoms with E-state index in [9.17, 15) is 5.11 Å². The van der Waals surface area contributed by atoms with E-state index in [0.717, 1.165) is 16.7 Å². The first-order valence-electron chi connectivity index (χ1n) is 4.37. The van der Waals surface area contributed by atoms with Crippen LogP contribution in [-0.4, -0.2) is 11.7 Å². The smallest absolute Gasteiger partial charge is 0.121 e. The van der Waals surface area contributed by atoms with Gasteiger partial charge in [0.2, 0.25) is 0 Å². The lowest BCUT2D eigenvalue weighted by Gasteiger charge is -2.11. The second-order valence-electron chi connectivity index (χ2n) is 3.25. The van der Waals surface area contributed by atoms with Crippen LogP contribution in [0.15, 0.2) is 6.07 Å². The summed E-state index contributed by atoms with van der Waals surface area (Å²) in [7, 11) is 0. The summed E-state index contributed by atoms with van der Waals surface area (Å²) >= 11 is 6.04. The number of rotatable bonds is 3. The first kappa shape index (κ1) is 11.3. The van der Waals surface area contributed by atoms with Crippen molar-refractivity contribution in [1.82, 2.24) is 0 Å². The Labute approximate surface area is 88.4 Å². The van der Waals surface area contributed by atoms with Gasteiger partial charge >= 0.3 is 0 Å². The zero-order valence-corrected chi connectivity index (χ0v) is 9.06. The molecule has 0 fully saturated rings. The van der Waals surface area contributed by atoms with Crippen LogP contribution in [0.2, 0.25) is 5.02 Å². The highest BCUT2D eigenvalue weighted by Crippen LogP contribution is 2.31. The van der Waals surface area contributed by atoms with Crippen LogP contribution in [0.3, 0.4) is 0 Å². The average molecular weight is 216 g/mol. The lowest BCUT2D eigenvalue weighted by molar-refractivity contribution is 0.141. The fourth-order valence-electron chi connectivity index (χ4n) is 1.43. The van der Waals surface area contributed by atoms with Crippen molar-refractivity contribution in [2.24, 2.45) is 5.90 Å². The van der Waals surface area contributed by atoms with Gasteiger partial charge in [-0.3, -0.25) is 0 Å². The van der Waals surface area contributed by atoms with Crippen LogP contribution >= 0.6 is 11.6 Å². The minimum atomic E-state index is 0.293. The van der Waals surface area contributed by atoms with E-state index in [0.29, 0.717) is 23.8 Å². The number of halogens is 1. The van der Waals surface area contributed by atoms with Crippen LogP contribution in [0.4, 0.5) is 0 Å². The lowest BCUT2D eigenvalue weighted by Crippen LogP contribution is -2.05. The van der Waals surface area contributed by atoms with Crippen molar-refractivity contribution in [1.29, 1.82) is 0 Å². The zero-order chi connectivity index (χ0) is 10.7. The van der Waals surface area contributed by atoms with Crippen LogP contribution in [-0.2, 0) is 11.3 Å². The highest BCUT2D eigenvalue weighted by atomic mass is 35.5. The SMILES string of the molecule is Cc1cc(Cl)c(CCON)c(C)c1O. The van der Waals surface area contributed by atoms with Gasteiger partial charge in [0.15, 0.2) is 0 Å². The molecule has 0 radical (unpaired) electrons. The number of hydrogen-bond donors (Lipinski definition) is 2. The van der Waals surface area contributed by atoms with E-state index in [1.54, 1.807) is 6.07 Å². The van der Waals surface area contributed by atoms with E-state index in [2.05, 4.69) is 4.84 Å². The first-order chi connectivity index (χ1) is 6.57. The molecule has 3 nitrogen and oxygen atoms in total. The number of phenols is 1. The molecule has 0 aliphatic carbocycles. The van der Waals surface area contributed by atoms with Crippen molar-refractivity contribution in [2.75, 3.05) is 6.61 Å². The third-order valence-corrected chi connectivity index (χ3v) is 2.62. The van der Waals surface area contributed by atoms with Gasteiger partial charge in [0, 0.05) is 5.02 Å². The standard InChI is InChI=1S/C10H14ClNO2/c1-6-5-9(11)8(3-4-14-12)7(2)10(6)13/h5,13H,3-4,12H2,1-2H3. The molecular weight excluding hydrogens is 202 g/mol. The van der Waals surface area contributed by atoms with Gasteiger partial charge in [-0.2, -0.15) is 0 Å². The van der Waals surface area contributed by atoms with Gasteiger partial charge in [0.25, 0.3) is 0 Å². The largest absolute Gasteiger partial charge is 0.507 e. The summed E-state index contributed by atoms with van der Waals surface area (Å²) in [4.78, 5) is 4.49. The Hall–Kier alpha value is -0.770. The molecule has 0 saturated carbocycles. The molecule has 3 N–H and O–H groups in total. The predicted octanol–water partition coefficient (Wildman–Crippen LogP) is 2.10.